The molecule has 5 heteroatoms. The first-order valence-electron chi connectivity index (χ1n) is 11.5. The number of piperidine rings is 1. The number of fused-ring (bicyclic) bond motifs is 2. The minimum absolute atomic E-state index is 0.0226. The number of carbonyl (C=O) groups excluding carboxylic acids is 2. The smallest absolute Gasteiger partial charge is 0.242 e. The molecule has 0 bridgehead atoms. The SMILES string of the molecule is CC(=O)N[C@H](C)C(=O)N[C@H]1CCC2(CCN(CCC(C)(C)C)CC2)c2ccccc21. The minimum atomic E-state index is -0.517. The molecule has 0 radical (unpaired) electrons. The van der Waals surface area contributed by atoms with Crippen molar-refractivity contribution in [3.63, 3.8) is 0 Å². The largest absolute Gasteiger partial charge is 0.348 e. The summed E-state index contributed by atoms with van der Waals surface area (Å²) in [6.07, 6.45) is 5.68. The van der Waals surface area contributed by atoms with Crippen LogP contribution in [0, 0.1) is 5.41 Å². The van der Waals surface area contributed by atoms with Crippen molar-refractivity contribution in [3.05, 3.63) is 35.4 Å². The van der Waals surface area contributed by atoms with Crippen molar-refractivity contribution in [2.24, 2.45) is 5.41 Å². The number of rotatable bonds is 5. The van der Waals surface area contributed by atoms with Gasteiger partial charge in [-0.3, -0.25) is 9.59 Å². The lowest BCUT2D eigenvalue weighted by molar-refractivity contribution is -0.128. The lowest BCUT2D eigenvalue weighted by atomic mass is 9.63. The van der Waals surface area contributed by atoms with Gasteiger partial charge in [-0.15, -0.1) is 0 Å². The van der Waals surface area contributed by atoms with Gasteiger partial charge in [0.1, 0.15) is 6.04 Å². The number of benzene rings is 1. The highest BCUT2D eigenvalue weighted by molar-refractivity contribution is 5.86. The average molecular weight is 414 g/mol. The van der Waals surface area contributed by atoms with Gasteiger partial charge in [0.15, 0.2) is 0 Å². The number of hydrogen-bond donors (Lipinski definition) is 2. The first-order valence-corrected chi connectivity index (χ1v) is 11.5. The van der Waals surface area contributed by atoms with Gasteiger partial charge in [0.05, 0.1) is 6.04 Å². The van der Waals surface area contributed by atoms with Crippen LogP contribution in [0.3, 0.4) is 0 Å². The zero-order valence-electron chi connectivity index (χ0n) is 19.4. The second-order valence-electron chi connectivity index (χ2n) is 10.5. The molecule has 0 saturated carbocycles. The quantitative estimate of drug-likeness (QED) is 0.769. The van der Waals surface area contributed by atoms with Gasteiger partial charge in [-0.05, 0) is 80.6 Å². The molecular weight excluding hydrogens is 374 g/mol. The summed E-state index contributed by atoms with van der Waals surface area (Å²) in [5.41, 5.74) is 3.30. The third kappa shape index (κ3) is 5.42. The van der Waals surface area contributed by atoms with Crippen LogP contribution >= 0.6 is 0 Å². The number of amides is 2. The van der Waals surface area contributed by atoms with Crippen LogP contribution in [0.4, 0.5) is 0 Å². The van der Waals surface area contributed by atoms with Crippen molar-refractivity contribution in [2.45, 2.75) is 84.2 Å². The van der Waals surface area contributed by atoms with Gasteiger partial charge in [-0.25, -0.2) is 0 Å². The molecule has 1 saturated heterocycles. The van der Waals surface area contributed by atoms with E-state index in [0.717, 1.165) is 25.9 Å². The van der Waals surface area contributed by atoms with Crippen molar-refractivity contribution in [3.8, 4) is 0 Å². The summed E-state index contributed by atoms with van der Waals surface area (Å²) in [5.74, 6) is -0.295. The van der Waals surface area contributed by atoms with Gasteiger partial charge in [0, 0.05) is 6.92 Å². The standard InChI is InChI=1S/C25H39N3O2/c1-18(26-19(2)29)23(30)27-22-10-11-25(21-9-7-6-8-20(21)22)13-16-28(17-14-25)15-12-24(3,4)5/h6-9,18,22H,10-17H2,1-5H3,(H,26,29)(H,27,30)/t18-,22+/m1/s1. The average Bonchev–Trinajstić information content (AvgIpc) is 2.69. The van der Waals surface area contributed by atoms with Crippen LogP contribution in [-0.2, 0) is 15.0 Å². The Hall–Kier alpha value is -1.88. The molecule has 0 unspecified atom stereocenters. The van der Waals surface area contributed by atoms with E-state index < -0.39 is 6.04 Å². The van der Waals surface area contributed by atoms with E-state index in [-0.39, 0.29) is 23.3 Å². The Balaban J connectivity index is 1.69. The van der Waals surface area contributed by atoms with Gasteiger partial charge >= 0.3 is 0 Å². The molecule has 1 spiro atoms. The molecule has 1 aromatic rings. The van der Waals surface area contributed by atoms with E-state index >= 15 is 0 Å². The highest BCUT2D eigenvalue weighted by Crippen LogP contribution is 2.48. The summed E-state index contributed by atoms with van der Waals surface area (Å²) in [6.45, 7) is 13.6. The Morgan fingerprint density at radius 3 is 2.47 bits per heavy atom. The van der Waals surface area contributed by atoms with Crippen LogP contribution in [0.25, 0.3) is 0 Å². The van der Waals surface area contributed by atoms with Gasteiger partial charge in [0.2, 0.25) is 11.8 Å². The highest BCUT2D eigenvalue weighted by Gasteiger charge is 2.42. The van der Waals surface area contributed by atoms with E-state index in [1.807, 2.05) is 0 Å². The summed E-state index contributed by atoms with van der Waals surface area (Å²) in [4.78, 5) is 26.5. The second-order valence-corrected chi connectivity index (χ2v) is 10.5. The molecule has 1 fully saturated rings. The summed E-state index contributed by atoms with van der Waals surface area (Å²) in [6, 6.07) is 8.17. The molecule has 3 rings (SSSR count). The van der Waals surface area contributed by atoms with Crippen molar-refractivity contribution in [2.75, 3.05) is 19.6 Å². The van der Waals surface area contributed by atoms with E-state index in [1.54, 1.807) is 6.92 Å². The highest BCUT2D eigenvalue weighted by atomic mass is 16.2. The normalized spacial score (nSPS) is 22.2. The van der Waals surface area contributed by atoms with Crippen LogP contribution < -0.4 is 10.6 Å². The maximum Gasteiger partial charge on any atom is 0.242 e. The van der Waals surface area contributed by atoms with Gasteiger partial charge in [-0.1, -0.05) is 45.0 Å². The third-order valence-electron chi connectivity index (χ3n) is 6.94. The van der Waals surface area contributed by atoms with Crippen LogP contribution in [0.2, 0.25) is 0 Å². The maximum absolute atomic E-state index is 12.6. The number of nitrogens with zero attached hydrogens (tertiary/aromatic N) is 1. The molecule has 2 N–H and O–H groups in total. The molecule has 5 nitrogen and oxygen atoms in total. The fraction of sp³-hybridized carbons (Fsp3) is 0.680. The first kappa shape index (κ1) is 22.8. The zero-order chi connectivity index (χ0) is 21.9. The minimum Gasteiger partial charge on any atom is -0.348 e. The Labute approximate surface area is 182 Å². The van der Waals surface area contributed by atoms with Crippen molar-refractivity contribution in [1.82, 2.24) is 15.5 Å². The Bertz CT molecular complexity index is 760. The van der Waals surface area contributed by atoms with Crippen molar-refractivity contribution in [1.29, 1.82) is 0 Å². The lowest BCUT2D eigenvalue weighted by Gasteiger charge is -2.47. The van der Waals surface area contributed by atoms with Gasteiger partial charge in [-0.2, -0.15) is 0 Å². The molecular formula is C25H39N3O2. The van der Waals surface area contributed by atoms with Crippen LogP contribution in [0.1, 0.15) is 83.9 Å². The molecule has 1 aliphatic heterocycles. The van der Waals surface area contributed by atoms with Gasteiger partial charge in [0.25, 0.3) is 0 Å². The predicted octanol–water partition coefficient (Wildman–Crippen LogP) is 3.93. The summed E-state index contributed by atoms with van der Waals surface area (Å²) in [5, 5.41) is 5.87. The molecule has 2 aliphatic rings. The molecule has 1 aromatic carbocycles. The first-order chi connectivity index (χ1) is 14.1. The summed E-state index contributed by atoms with van der Waals surface area (Å²) < 4.78 is 0. The predicted molar refractivity (Wildman–Crippen MR) is 121 cm³/mol. The van der Waals surface area contributed by atoms with Crippen LogP contribution in [0.15, 0.2) is 24.3 Å². The fourth-order valence-electron chi connectivity index (χ4n) is 5.03. The molecule has 30 heavy (non-hydrogen) atoms. The van der Waals surface area contributed by atoms with Crippen molar-refractivity contribution >= 4 is 11.8 Å². The Morgan fingerprint density at radius 2 is 1.83 bits per heavy atom. The molecule has 166 valence electrons. The lowest BCUT2D eigenvalue weighted by Crippen LogP contribution is -2.49. The topological polar surface area (TPSA) is 61.4 Å². The molecule has 1 aliphatic carbocycles. The van der Waals surface area contributed by atoms with Crippen molar-refractivity contribution < 1.29 is 9.59 Å². The molecule has 2 amide bonds. The van der Waals surface area contributed by atoms with E-state index in [0.29, 0.717) is 5.41 Å². The van der Waals surface area contributed by atoms with Crippen LogP contribution in [0.5, 0.6) is 0 Å². The summed E-state index contributed by atoms with van der Waals surface area (Å²) >= 11 is 0. The monoisotopic (exact) mass is 413 g/mol. The number of hydrogen-bond acceptors (Lipinski definition) is 3. The fourth-order valence-corrected chi connectivity index (χ4v) is 5.03. The second kappa shape index (κ2) is 9.09. The summed E-state index contributed by atoms with van der Waals surface area (Å²) in [7, 11) is 0. The van der Waals surface area contributed by atoms with E-state index in [2.05, 4.69) is 60.6 Å². The Kier molecular flexibility index (Phi) is 6.91. The molecule has 0 aromatic heterocycles. The number of nitrogens with one attached hydrogen (secondary N) is 2. The zero-order valence-corrected chi connectivity index (χ0v) is 19.4. The molecule has 2 atom stereocenters. The van der Waals surface area contributed by atoms with E-state index in [1.165, 1.54) is 43.9 Å². The number of likely N-dealkylation sites (tertiary alicyclic amines) is 1. The Morgan fingerprint density at radius 1 is 1.17 bits per heavy atom. The van der Waals surface area contributed by atoms with Crippen LogP contribution in [-0.4, -0.2) is 42.4 Å². The maximum atomic E-state index is 12.6. The van der Waals surface area contributed by atoms with Gasteiger partial charge < -0.3 is 15.5 Å². The third-order valence-corrected chi connectivity index (χ3v) is 6.94. The van der Waals surface area contributed by atoms with E-state index in [9.17, 15) is 9.59 Å². The van der Waals surface area contributed by atoms with E-state index in [4.69, 9.17) is 0 Å². The molecule has 1 heterocycles. The number of carbonyl (C=O) groups is 2.